The maximum absolute atomic E-state index is 13.4. The first-order valence-corrected chi connectivity index (χ1v) is 13.8. The summed E-state index contributed by atoms with van der Waals surface area (Å²) in [5.74, 6) is -0.482. The van der Waals surface area contributed by atoms with Crippen LogP contribution in [-0.2, 0) is 26.0 Å². The molecule has 1 saturated heterocycles. The number of sulfonamides is 1. The topological polar surface area (TPSA) is 84.0 Å². The molecule has 7 nitrogen and oxygen atoms in total. The standard InChI is InChI=1S/C24H30N2O5S2/c1-3-21-20-12-16-32-22(20)11-15-26(21)23(27)17-9-13-25(14-10-17)33(29,30)19-7-5-18(6-8-19)24(28)31-4-2/h5-8,12,16-17,21H,3-4,9-11,13-15H2,1-2H3/t21-/m1/s1. The average Bonchev–Trinajstić information content (AvgIpc) is 3.32. The summed E-state index contributed by atoms with van der Waals surface area (Å²) in [5.41, 5.74) is 1.59. The number of piperidine rings is 1. The highest BCUT2D eigenvalue weighted by atomic mass is 32.2. The molecule has 2 aromatic rings. The van der Waals surface area contributed by atoms with Gasteiger partial charge in [0.1, 0.15) is 0 Å². The van der Waals surface area contributed by atoms with Gasteiger partial charge in [-0.15, -0.1) is 11.3 Å². The number of benzene rings is 1. The quantitative estimate of drug-likeness (QED) is 0.574. The van der Waals surface area contributed by atoms with E-state index in [0.717, 1.165) is 19.4 Å². The van der Waals surface area contributed by atoms with Crippen LogP contribution in [0.5, 0.6) is 0 Å². The summed E-state index contributed by atoms with van der Waals surface area (Å²) in [5, 5.41) is 2.10. The van der Waals surface area contributed by atoms with Gasteiger partial charge < -0.3 is 9.64 Å². The minimum Gasteiger partial charge on any atom is -0.462 e. The summed E-state index contributed by atoms with van der Waals surface area (Å²) in [4.78, 5) is 28.7. The van der Waals surface area contributed by atoms with Crippen molar-refractivity contribution in [1.29, 1.82) is 0 Å². The van der Waals surface area contributed by atoms with Gasteiger partial charge in [0.2, 0.25) is 15.9 Å². The Kier molecular flexibility index (Phi) is 7.21. The molecule has 178 valence electrons. The highest BCUT2D eigenvalue weighted by Gasteiger charge is 2.37. The minimum atomic E-state index is -3.68. The van der Waals surface area contributed by atoms with Crippen molar-refractivity contribution in [2.75, 3.05) is 26.2 Å². The number of ether oxygens (including phenoxy) is 1. The van der Waals surface area contributed by atoms with E-state index in [4.69, 9.17) is 4.74 Å². The minimum absolute atomic E-state index is 0.118. The zero-order chi connectivity index (χ0) is 23.6. The van der Waals surface area contributed by atoms with Gasteiger partial charge >= 0.3 is 5.97 Å². The number of thiophene rings is 1. The van der Waals surface area contributed by atoms with E-state index in [2.05, 4.69) is 18.4 Å². The summed E-state index contributed by atoms with van der Waals surface area (Å²) in [7, 11) is -3.68. The molecule has 0 spiro atoms. The highest BCUT2D eigenvalue weighted by Crippen LogP contribution is 2.37. The Morgan fingerprint density at radius 2 is 1.76 bits per heavy atom. The SMILES string of the molecule is CCOC(=O)c1ccc(S(=O)(=O)N2CCC(C(=O)N3CCc4sccc4[C@H]3CC)CC2)cc1. The molecule has 1 fully saturated rings. The van der Waals surface area contributed by atoms with Crippen LogP contribution in [0.25, 0.3) is 0 Å². The Labute approximate surface area is 199 Å². The summed E-state index contributed by atoms with van der Waals surface area (Å²) in [6.45, 7) is 5.45. The van der Waals surface area contributed by atoms with Crippen LogP contribution in [0, 0.1) is 5.92 Å². The number of amides is 1. The molecule has 9 heteroatoms. The highest BCUT2D eigenvalue weighted by molar-refractivity contribution is 7.89. The Hall–Kier alpha value is -2.23. The summed E-state index contributed by atoms with van der Waals surface area (Å²) >= 11 is 1.76. The maximum Gasteiger partial charge on any atom is 0.338 e. The third kappa shape index (κ3) is 4.72. The van der Waals surface area contributed by atoms with E-state index in [0.29, 0.717) is 31.5 Å². The fourth-order valence-corrected chi connectivity index (χ4v) is 7.20. The van der Waals surface area contributed by atoms with Crippen molar-refractivity contribution < 1.29 is 22.7 Å². The van der Waals surface area contributed by atoms with E-state index in [1.54, 1.807) is 18.3 Å². The van der Waals surface area contributed by atoms with Crippen molar-refractivity contribution in [2.45, 2.75) is 50.5 Å². The molecule has 2 aliphatic rings. The predicted octanol–water partition coefficient (Wildman–Crippen LogP) is 3.86. The maximum atomic E-state index is 13.4. The van der Waals surface area contributed by atoms with Crippen LogP contribution >= 0.6 is 11.3 Å². The van der Waals surface area contributed by atoms with E-state index >= 15 is 0 Å². The van der Waals surface area contributed by atoms with Crippen LogP contribution in [0.15, 0.2) is 40.6 Å². The molecule has 0 N–H and O–H groups in total. The van der Waals surface area contributed by atoms with Crippen LogP contribution in [0.4, 0.5) is 0 Å². The van der Waals surface area contributed by atoms with Gasteiger partial charge in [-0.25, -0.2) is 13.2 Å². The molecular formula is C24H30N2O5S2. The fraction of sp³-hybridized carbons (Fsp3) is 0.500. The number of carbonyl (C=O) groups excluding carboxylic acids is 2. The third-order valence-electron chi connectivity index (χ3n) is 6.57. The molecule has 1 amide bonds. The van der Waals surface area contributed by atoms with Crippen LogP contribution in [0.1, 0.15) is 60.0 Å². The second-order valence-corrected chi connectivity index (χ2v) is 11.4. The largest absolute Gasteiger partial charge is 0.462 e. The van der Waals surface area contributed by atoms with Crippen LogP contribution in [0.2, 0.25) is 0 Å². The molecule has 1 aromatic heterocycles. The van der Waals surface area contributed by atoms with Crippen LogP contribution in [0.3, 0.4) is 0 Å². The Balaban J connectivity index is 1.40. The lowest BCUT2D eigenvalue weighted by Gasteiger charge is -2.39. The molecule has 33 heavy (non-hydrogen) atoms. The normalized spacial score (nSPS) is 19.8. The van der Waals surface area contributed by atoms with Crippen molar-refractivity contribution in [1.82, 2.24) is 9.21 Å². The summed E-state index contributed by atoms with van der Waals surface area (Å²) in [6.07, 6.45) is 2.81. The van der Waals surface area contributed by atoms with Gasteiger partial charge in [-0.3, -0.25) is 4.79 Å². The van der Waals surface area contributed by atoms with E-state index in [1.165, 1.54) is 39.0 Å². The van der Waals surface area contributed by atoms with E-state index in [1.807, 2.05) is 4.90 Å². The number of esters is 1. The molecular weight excluding hydrogens is 460 g/mol. The predicted molar refractivity (Wildman–Crippen MR) is 127 cm³/mol. The van der Waals surface area contributed by atoms with Crippen LogP contribution < -0.4 is 0 Å². The van der Waals surface area contributed by atoms with Gasteiger partial charge in [0, 0.05) is 30.4 Å². The monoisotopic (exact) mass is 490 g/mol. The lowest BCUT2D eigenvalue weighted by molar-refractivity contribution is -0.139. The molecule has 0 radical (unpaired) electrons. The molecule has 0 aliphatic carbocycles. The van der Waals surface area contributed by atoms with E-state index in [9.17, 15) is 18.0 Å². The molecule has 2 aliphatic heterocycles. The molecule has 4 rings (SSSR count). The molecule has 3 heterocycles. The number of fused-ring (bicyclic) bond motifs is 1. The van der Waals surface area contributed by atoms with Crippen molar-refractivity contribution in [2.24, 2.45) is 5.92 Å². The Morgan fingerprint density at radius 3 is 2.39 bits per heavy atom. The zero-order valence-electron chi connectivity index (χ0n) is 19.0. The van der Waals surface area contributed by atoms with Gasteiger partial charge in [-0.1, -0.05) is 6.92 Å². The first-order valence-electron chi connectivity index (χ1n) is 11.5. The van der Waals surface area contributed by atoms with Crippen molar-refractivity contribution in [3.8, 4) is 0 Å². The number of hydrogen-bond donors (Lipinski definition) is 0. The first kappa shape index (κ1) is 23.9. The Bertz CT molecular complexity index is 1100. The van der Waals surface area contributed by atoms with Gasteiger partial charge in [-0.2, -0.15) is 4.31 Å². The van der Waals surface area contributed by atoms with Crippen LogP contribution in [-0.4, -0.2) is 55.7 Å². The number of nitrogens with zero attached hydrogens (tertiary/aromatic N) is 2. The second kappa shape index (κ2) is 9.95. The lowest BCUT2D eigenvalue weighted by atomic mass is 9.92. The van der Waals surface area contributed by atoms with Gasteiger partial charge in [-0.05, 0) is 73.9 Å². The summed E-state index contributed by atoms with van der Waals surface area (Å²) in [6, 6.07) is 8.08. The van der Waals surface area contributed by atoms with Gasteiger partial charge in [0.25, 0.3) is 0 Å². The first-order chi connectivity index (χ1) is 15.9. The molecule has 0 saturated carbocycles. The molecule has 1 atom stereocenters. The molecule has 0 unspecified atom stereocenters. The third-order valence-corrected chi connectivity index (χ3v) is 9.48. The Morgan fingerprint density at radius 1 is 1.06 bits per heavy atom. The number of rotatable bonds is 6. The lowest BCUT2D eigenvalue weighted by Crippen LogP contribution is -2.47. The van der Waals surface area contributed by atoms with Crippen molar-refractivity contribution >= 4 is 33.2 Å². The molecule has 1 aromatic carbocycles. The smallest absolute Gasteiger partial charge is 0.338 e. The fourth-order valence-electron chi connectivity index (χ4n) is 4.80. The van der Waals surface area contributed by atoms with E-state index < -0.39 is 16.0 Å². The van der Waals surface area contributed by atoms with Crippen molar-refractivity contribution in [3.05, 3.63) is 51.7 Å². The van der Waals surface area contributed by atoms with Gasteiger partial charge in [0.05, 0.1) is 23.1 Å². The number of hydrogen-bond acceptors (Lipinski definition) is 6. The summed E-state index contributed by atoms with van der Waals surface area (Å²) < 4.78 is 32.6. The zero-order valence-corrected chi connectivity index (χ0v) is 20.7. The second-order valence-electron chi connectivity index (χ2n) is 8.43. The van der Waals surface area contributed by atoms with E-state index in [-0.39, 0.29) is 29.4 Å². The number of carbonyl (C=O) groups is 2. The van der Waals surface area contributed by atoms with Gasteiger partial charge in [0.15, 0.2) is 0 Å². The average molecular weight is 491 g/mol. The molecule has 0 bridgehead atoms. The van der Waals surface area contributed by atoms with Crippen molar-refractivity contribution in [3.63, 3.8) is 0 Å².